The molecule has 0 aliphatic heterocycles. The standard InChI is InChI=1S/C21H22N2O4S3/c1-26-15-5-7-16(8-6-15)29-13-19(24)22-21-23(10-11-28-3)17-9-4-14(20(25)27-2)12-18(17)30-21/h4-9,12H,10-11,13H2,1-3H3. The van der Waals surface area contributed by atoms with Gasteiger partial charge in [0, 0.05) is 17.2 Å². The second-order valence-electron chi connectivity index (χ2n) is 6.17. The van der Waals surface area contributed by atoms with Crippen molar-refractivity contribution in [3.8, 4) is 5.75 Å². The zero-order chi connectivity index (χ0) is 21.5. The summed E-state index contributed by atoms with van der Waals surface area (Å²) in [6.07, 6.45) is 2.04. The fraction of sp³-hybridized carbons (Fsp3) is 0.286. The highest BCUT2D eigenvalue weighted by molar-refractivity contribution is 8.00. The molecule has 0 bridgehead atoms. The lowest BCUT2D eigenvalue weighted by Gasteiger charge is -2.05. The number of aromatic nitrogens is 1. The smallest absolute Gasteiger partial charge is 0.337 e. The molecule has 6 nitrogen and oxygen atoms in total. The average Bonchev–Trinajstić information content (AvgIpc) is 3.11. The van der Waals surface area contributed by atoms with Gasteiger partial charge < -0.3 is 14.0 Å². The van der Waals surface area contributed by atoms with E-state index in [0.717, 1.165) is 33.2 Å². The Bertz CT molecular complexity index is 1100. The van der Waals surface area contributed by atoms with Crippen LogP contribution in [-0.4, -0.2) is 48.4 Å². The van der Waals surface area contributed by atoms with Gasteiger partial charge in [-0.15, -0.1) is 11.8 Å². The zero-order valence-corrected chi connectivity index (χ0v) is 19.4. The molecular formula is C21H22N2O4S3. The number of amides is 1. The minimum Gasteiger partial charge on any atom is -0.497 e. The summed E-state index contributed by atoms with van der Waals surface area (Å²) < 4.78 is 12.9. The molecule has 30 heavy (non-hydrogen) atoms. The van der Waals surface area contributed by atoms with Gasteiger partial charge in [0.15, 0.2) is 4.80 Å². The lowest BCUT2D eigenvalue weighted by atomic mass is 10.2. The van der Waals surface area contributed by atoms with Gasteiger partial charge in [-0.1, -0.05) is 11.3 Å². The molecule has 0 unspecified atom stereocenters. The summed E-state index contributed by atoms with van der Waals surface area (Å²) in [5.41, 5.74) is 1.44. The zero-order valence-electron chi connectivity index (χ0n) is 16.9. The van der Waals surface area contributed by atoms with Crippen LogP contribution in [0.1, 0.15) is 10.4 Å². The molecule has 158 valence electrons. The monoisotopic (exact) mass is 462 g/mol. The van der Waals surface area contributed by atoms with Crippen molar-refractivity contribution in [2.75, 3.05) is 32.0 Å². The minimum absolute atomic E-state index is 0.200. The largest absolute Gasteiger partial charge is 0.497 e. The molecule has 1 aromatic heterocycles. The van der Waals surface area contributed by atoms with E-state index < -0.39 is 0 Å². The normalized spacial score (nSPS) is 11.6. The van der Waals surface area contributed by atoms with Crippen molar-refractivity contribution in [1.82, 2.24) is 4.57 Å². The molecule has 0 aliphatic carbocycles. The molecule has 0 radical (unpaired) electrons. The van der Waals surface area contributed by atoms with Crippen molar-refractivity contribution < 1.29 is 19.1 Å². The van der Waals surface area contributed by atoms with E-state index in [4.69, 9.17) is 9.47 Å². The van der Waals surface area contributed by atoms with Gasteiger partial charge in [0.05, 0.1) is 35.8 Å². The summed E-state index contributed by atoms with van der Waals surface area (Å²) >= 11 is 4.57. The van der Waals surface area contributed by atoms with E-state index in [1.54, 1.807) is 31.0 Å². The van der Waals surface area contributed by atoms with Gasteiger partial charge in [0.2, 0.25) is 0 Å². The van der Waals surface area contributed by atoms with Crippen LogP contribution in [0.4, 0.5) is 0 Å². The number of benzene rings is 2. The lowest BCUT2D eigenvalue weighted by molar-refractivity contribution is -0.115. The third kappa shape index (κ3) is 5.47. The second kappa shape index (κ2) is 10.7. The fourth-order valence-electron chi connectivity index (χ4n) is 2.76. The van der Waals surface area contributed by atoms with Crippen LogP contribution in [0.5, 0.6) is 5.75 Å². The third-order valence-corrected chi connectivity index (χ3v) is 6.89. The van der Waals surface area contributed by atoms with Crippen molar-refractivity contribution in [3.63, 3.8) is 0 Å². The van der Waals surface area contributed by atoms with Crippen molar-refractivity contribution in [2.45, 2.75) is 11.4 Å². The molecule has 2 aromatic carbocycles. The number of thiazole rings is 1. The number of esters is 1. The summed E-state index contributed by atoms with van der Waals surface area (Å²) in [5, 5.41) is 0. The summed E-state index contributed by atoms with van der Waals surface area (Å²) in [7, 11) is 2.98. The number of carbonyl (C=O) groups excluding carboxylic acids is 2. The highest BCUT2D eigenvalue weighted by atomic mass is 32.2. The molecule has 0 saturated heterocycles. The molecule has 3 rings (SSSR count). The van der Waals surface area contributed by atoms with E-state index in [1.165, 1.54) is 30.2 Å². The maximum Gasteiger partial charge on any atom is 0.337 e. The van der Waals surface area contributed by atoms with Crippen LogP contribution in [-0.2, 0) is 16.1 Å². The molecule has 0 atom stereocenters. The average molecular weight is 463 g/mol. The van der Waals surface area contributed by atoms with Crippen LogP contribution in [0.15, 0.2) is 52.4 Å². The maximum atomic E-state index is 12.5. The van der Waals surface area contributed by atoms with Gasteiger partial charge in [-0.25, -0.2) is 4.79 Å². The molecule has 0 aliphatic rings. The van der Waals surface area contributed by atoms with Crippen LogP contribution in [0.25, 0.3) is 10.2 Å². The predicted molar refractivity (Wildman–Crippen MR) is 124 cm³/mol. The molecule has 0 N–H and O–H groups in total. The lowest BCUT2D eigenvalue weighted by Crippen LogP contribution is -2.18. The predicted octanol–water partition coefficient (Wildman–Crippen LogP) is 4.08. The number of carbonyl (C=O) groups is 2. The molecular weight excluding hydrogens is 440 g/mol. The highest BCUT2D eigenvalue weighted by Crippen LogP contribution is 2.22. The van der Waals surface area contributed by atoms with E-state index in [0.29, 0.717) is 10.4 Å². The first-order valence-electron chi connectivity index (χ1n) is 9.10. The fourth-order valence-corrected chi connectivity index (χ4v) is 4.92. The first kappa shape index (κ1) is 22.5. The Morgan fingerprint density at radius 1 is 1.13 bits per heavy atom. The number of fused-ring (bicyclic) bond motifs is 1. The quantitative estimate of drug-likeness (QED) is 0.371. The van der Waals surface area contributed by atoms with Gasteiger partial charge in [-0.3, -0.25) is 4.79 Å². The van der Waals surface area contributed by atoms with Crippen molar-refractivity contribution in [2.24, 2.45) is 4.99 Å². The Hall–Kier alpha value is -2.23. The van der Waals surface area contributed by atoms with Crippen LogP contribution in [0, 0.1) is 0 Å². The van der Waals surface area contributed by atoms with E-state index in [-0.39, 0.29) is 17.6 Å². The Balaban J connectivity index is 1.86. The number of methoxy groups -OCH3 is 2. The number of ether oxygens (including phenoxy) is 2. The van der Waals surface area contributed by atoms with Crippen molar-refractivity contribution >= 4 is 57.0 Å². The molecule has 1 heterocycles. The summed E-state index contributed by atoms with van der Waals surface area (Å²) in [6.45, 7) is 0.733. The number of thioether (sulfide) groups is 2. The van der Waals surface area contributed by atoms with Crippen LogP contribution < -0.4 is 9.54 Å². The minimum atomic E-state index is -0.383. The Labute approximate surface area is 187 Å². The molecule has 9 heteroatoms. The summed E-state index contributed by atoms with van der Waals surface area (Å²) in [5.74, 6) is 1.34. The summed E-state index contributed by atoms with van der Waals surface area (Å²) in [6, 6.07) is 13.0. The van der Waals surface area contributed by atoms with Crippen LogP contribution in [0.2, 0.25) is 0 Å². The number of nitrogens with zero attached hydrogens (tertiary/aromatic N) is 2. The van der Waals surface area contributed by atoms with E-state index in [1.807, 2.05) is 41.2 Å². The maximum absolute atomic E-state index is 12.5. The van der Waals surface area contributed by atoms with Gasteiger partial charge in [-0.05, 0) is 48.7 Å². The SMILES string of the molecule is COC(=O)c1ccc2c(c1)sc(=NC(=O)CSc1ccc(OC)cc1)n2CCSC. The van der Waals surface area contributed by atoms with Crippen molar-refractivity contribution in [1.29, 1.82) is 0 Å². The van der Waals surface area contributed by atoms with Crippen LogP contribution >= 0.6 is 34.9 Å². The van der Waals surface area contributed by atoms with Gasteiger partial charge >= 0.3 is 5.97 Å². The Morgan fingerprint density at radius 2 is 1.90 bits per heavy atom. The van der Waals surface area contributed by atoms with E-state index in [2.05, 4.69) is 4.99 Å². The Morgan fingerprint density at radius 3 is 2.57 bits per heavy atom. The second-order valence-corrected chi connectivity index (χ2v) is 9.22. The molecule has 1 amide bonds. The third-order valence-electron chi connectivity index (χ3n) is 4.26. The molecule has 0 spiro atoms. The number of aryl methyl sites for hydroxylation is 1. The van der Waals surface area contributed by atoms with Crippen molar-refractivity contribution in [3.05, 3.63) is 52.8 Å². The number of rotatable bonds is 8. The van der Waals surface area contributed by atoms with E-state index >= 15 is 0 Å². The summed E-state index contributed by atoms with van der Waals surface area (Å²) in [4.78, 5) is 30.4. The molecule has 3 aromatic rings. The highest BCUT2D eigenvalue weighted by Gasteiger charge is 2.12. The van der Waals surface area contributed by atoms with Crippen LogP contribution in [0.3, 0.4) is 0 Å². The van der Waals surface area contributed by atoms with Gasteiger partial charge in [0.1, 0.15) is 5.75 Å². The van der Waals surface area contributed by atoms with E-state index in [9.17, 15) is 9.59 Å². The first-order chi connectivity index (χ1) is 14.5. The van der Waals surface area contributed by atoms with Gasteiger partial charge in [0.25, 0.3) is 5.91 Å². The Kier molecular flexibility index (Phi) is 8.01. The number of hydrogen-bond donors (Lipinski definition) is 0. The number of hydrogen-bond acceptors (Lipinski definition) is 7. The topological polar surface area (TPSA) is 69.9 Å². The van der Waals surface area contributed by atoms with Gasteiger partial charge in [-0.2, -0.15) is 16.8 Å². The first-order valence-corrected chi connectivity index (χ1v) is 12.3. The molecule has 0 saturated carbocycles. The molecule has 0 fully saturated rings.